The summed E-state index contributed by atoms with van der Waals surface area (Å²) in [7, 11) is 0. The quantitative estimate of drug-likeness (QED) is 0.193. The Labute approximate surface area is 194 Å². The van der Waals surface area contributed by atoms with Crippen molar-refractivity contribution in [1.82, 2.24) is 4.98 Å². The molecule has 0 spiro atoms. The van der Waals surface area contributed by atoms with Gasteiger partial charge in [0.15, 0.2) is 16.7 Å². The zero-order valence-corrected chi connectivity index (χ0v) is 18.4. The topological polar surface area (TPSA) is 93.2 Å². The van der Waals surface area contributed by atoms with E-state index in [1.165, 1.54) is 12.1 Å². The van der Waals surface area contributed by atoms with Gasteiger partial charge < -0.3 is 15.1 Å². The van der Waals surface area contributed by atoms with Crippen molar-refractivity contribution in [3.63, 3.8) is 0 Å². The number of thiocarbonyl (C=S) groups is 1. The number of aromatic nitrogens is 1. The Hall–Kier alpha value is -3.75. The largest absolute Gasteiger partial charge is 0.434 e. The molecule has 0 bridgehead atoms. The molecule has 0 aliphatic rings. The summed E-state index contributed by atoms with van der Waals surface area (Å²) < 4.78 is 6.02. The summed E-state index contributed by atoms with van der Waals surface area (Å²) in [6.07, 6.45) is 0. The van der Waals surface area contributed by atoms with Crippen LogP contribution in [0.5, 0.6) is 0 Å². The third kappa shape index (κ3) is 4.93. The molecule has 2 N–H and O–H groups in total. The van der Waals surface area contributed by atoms with Crippen molar-refractivity contribution < 1.29 is 9.34 Å². The van der Waals surface area contributed by atoms with Crippen LogP contribution in [0.15, 0.2) is 77.2 Å². The minimum Gasteiger partial charge on any atom is -0.434 e. The molecule has 32 heavy (non-hydrogen) atoms. The summed E-state index contributed by atoms with van der Waals surface area (Å²) in [5.74, 6) is 1.17. The minimum atomic E-state index is -0.458. The molecule has 0 unspecified atom stereocenters. The molecule has 0 saturated heterocycles. The van der Waals surface area contributed by atoms with E-state index < -0.39 is 4.92 Å². The van der Waals surface area contributed by atoms with E-state index in [1.807, 2.05) is 43.3 Å². The third-order valence-corrected chi connectivity index (χ3v) is 5.06. The van der Waals surface area contributed by atoms with Gasteiger partial charge >= 0.3 is 0 Å². The van der Waals surface area contributed by atoms with Gasteiger partial charge in [0.05, 0.1) is 4.92 Å². The highest BCUT2D eigenvalue weighted by molar-refractivity contribution is 7.80. The molecule has 1 heterocycles. The van der Waals surface area contributed by atoms with Crippen molar-refractivity contribution in [3.05, 3.63) is 93.5 Å². The Morgan fingerprint density at radius 1 is 0.969 bits per heavy atom. The lowest BCUT2D eigenvalue weighted by Crippen LogP contribution is -2.19. The van der Waals surface area contributed by atoms with E-state index in [1.54, 1.807) is 24.3 Å². The smallest absolute Gasteiger partial charge is 0.269 e. The van der Waals surface area contributed by atoms with E-state index in [0.717, 1.165) is 16.8 Å². The maximum atomic E-state index is 10.9. The molecule has 9 heteroatoms. The molecule has 0 amide bonds. The molecule has 0 radical (unpaired) electrons. The second-order valence-electron chi connectivity index (χ2n) is 6.95. The van der Waals surface area contributed by atoms with Crippen LogP contribution in [0.25, 0.3) is 22.8 Å². The molecule has 0 atom stereocenters. The Balaban J connectivity index is 1.65. The van der Waals surface area contributed by atoms with Crippen molar-refractivity contribution in [2.24, 2.45) is 0 Å². The van der Waals surface area contributed by atoms with Gasteiger partial charge in [0.2, 0.25) is 5.89 Å². The maximum Gasteiger partial charge on any atom is 0.269 e. The lowest BCUT2D eigenvalue weighted by atomic mass is 10.2. The van der Waals surface area contributed by atoms with E-state index in [2.05, 4.69) is 15.6 Å². The predicted octanol–water partition coefficient (Wildman–Crippen LogP) is 6.69. The predicted molar refractivity (Wildman–Crippen MR) is 130 cm³/mol. The summed E-state index contributed by atoms with van der Waals surface area (Å²) in [4.78, 5) is 15.0. The van der Waals surface area contributed by atoms with Gasteiger partial charge in [0.1, 0.15) is 0 Å². The number of anilines is 2. The summed E-state index contributed by atoms with van der Waals surface area (Å²) in [6, 6.07) is 20.9. The van der Waals surface area contributed by atoms with E-state index in [-0.39, 0.29) is 5.69 Å². The lowest BCUT2D eigenvalue weighted by Gasteiger charge is -2.10. The molecule has 7 nitrogen and oxygen atoms in total. The minimum absolute atomic E-state index is 0.0138. The van der Waals surface area contributed by atoms with E-state index >= 15 is 0 Å². The molecule has 160 valence electrons. The highest BCUT2D eigenvalue weighted by Gasteiger charge is 2.18. The van der Waals surface area contributed by atoms with Gasteiger partial charge in [-0.05, 0) is 67.7 Å². The summed E-state index contributed by atoms with van der Waals surface area (Å²) in [5.41, 5.74) is 3.30. The average Bonchev–Trinajstić information content (AvgIpc) is 3.19. The number of non-ortho nitro benzene ring substituents is 1. The standard InChI is InChI=1S/C23H17ClN4O3S/c1-14-2-10-18(11-3-14)25-23(32)27-21-20(15-4-8-17(24)9-5-15)31-22(26-21)16-6-12-19(13-7-16)28(29)30/h2-13H,1H3,(H2,25,27,32). The summed E-state index contributed by atoms with van der Waals surface area (Å²) in [5, 5.41) is 18.1. The van der Waals surface area contributed by atoms with E-state index in [4.69, 9.17) is 28.2 Å². The van der Waals surface area contributed by atoms with Crippen LogP contribution in [0, 0.1) is 17.0 Å². The number of halogens is 1. The number of hydrogen-bond donors (Lipinski definition) is 2. The first-order valence-corrected chi connectivity index (χ1v) is 10.3. The fourth-order valence-electron chi connectivity index (χ4n) is 2.96. The molecular formula is C23H17ClN4O3S. The van der Waals surface area contributed by atoms with Crippen molar-refractivity contribution in [1.29, 1.82) is 0 Å². The zero-order chi connectivity index (χ0) is 22.7. The van der Waals surface area contributed by atoms with Crippen LogP contribution in [0.1, 0.15) is 5.56 Å². The van der Waals surface area contributed by atoms with Crippen LogP contribution in [0.2, 0.25) is 5.02 Å². The summed E-state index contributed by atoms with van der Waals surface area (Å²) in [6.45, 7) is 2.01. The molecule has 1 aromatic heterocycles. The number of nitro groups is 1. The van der Waals surface area contributed by atoms with Crippen molar-refractivity contribution in [2.45, 2.75) is 6.92 Å². The third-order valence-electron chi connectivity index (χ3n) is 4.60. The van der Waals surface area contributed by atoms with Crippen molar-refractivity contribution >= 4 is 46.1 Å². The van der Waals surface area contributed by atoms with Gasteiger partial charge in [-0.25, -0.2) is 0 Å². The van der Waals surface area contributed by atoms with E-state index in [9.17, 15) is 10.1 Å². The number of nitrogens with one attached hydrogen (secondary N) is 2. The maximum absolute atomic E-state index is 10.9. The van der Waals surface area contributed by atoms with Gasteiger partial charge in [-0.1, -0.05) is 29.3 Å². The molecule has 4 rings (SSSR count). The van der Waals surface area contributed by atoms with Gasteiger partial charge in [0.25, 0.3) is 5.69 Å². The Morgan fingerprint density at radius 3 is 2.22 bits per heavy atom. The van der Waals surface area contributed by atoms with Gasteiger partial charge in [0, 0.05) is 34.0 Å². The zero-order valence-electron chi connectivity index (χ0n) is 16.8. The van der Waals surface area contributed by atoms with Crippen LogP contribution < -0.4 is 10.6 Å². The Morgan fingerprint density at radius 2 is 1.59 bits per heavy atom. The number of aryl methyl sites for hydroxylation is 1. The monoisotopic (exact) mass is 464 g/mol. The highest BCUT2D eigenvalue weighted by atomic mass is 35.5. The number of benzene rings is 3. The molecule has 0 aliphatic carbocycles. The number of hydrogen-bond acceptors (Lipinski definition) is 5. The fraction of sp³-hybridized carbons (Fsp3) is 0.0435. The Kier molecular flexibility index (Phi) is 6.16. The van der Waals surface area contributed by atoms with Crippen molar-refractivity contribution in [3.8, 4) is 22.8 Å². The fourth-order valence-corrected chi connectivity index (χ4v) is 3.30. The average molecular weight is 465 g/mol. The molecule has 4 aromatic rings. The first kappa shape index (κ1) is 21.5. The van der Waals surface area contributed by atoms with Crippen molar-refractivity contribution in [2.75, 3.05) is 10.6 Å². The first-order chi connectivity index (χ1) is 15.4. The SMILES string of the molecule is Cc1ccc(NC(=S)Nc2nc(-c3ccc([N+](=O)[O-])cc3)oc2-c2ccc(Cl)cc2)cc1. The van der Waals surface area contributed by atoms with E-state index in [0.29, 0.717) is 33.2 Å². The number of nitrogens with zero attached hydrogens (tertiary/aromatic N) is 2. The molecular weight excluding hydrogens is 448 g/mol. The lowest BCUT2D eigenvalue weighted by molar-refractivity contribution is -0.384. The van der Waals surface area contributed by atoms with Gasteiger partial charge in [-0.2, -0.15) is 4.98 Å². The van der Waals surface area contributed by atoms with Crippen LogP contribution in [-0.2, 0) is 0 Å². The molecule has 0 fully saturated rings. The number of nitro benzene ring substituents is 1. The van der Waals surface area contributed by atoms with Crippen LogP contribution in [-0.4, -0.2) is 15.0 Å². The normalized spacial score (nSPS) is 10.6. The van der Waals surface area contributed by atoms with Gasteiger partial charge in [-0.15, -0.1) is 0 Å². The highest BCUT2D eigenvalue weighted by Crippen LogP contribution is 2.34. The second kappa shape index (κ2) is 9.17. The first-order valence-electron chi connectivity index (χ1n) is 9.55. The molecule has 3 aromatic carbocycles. The number of oxazole rings is 1. The van der Waals surface area contributed by atoms with Crippen LogP contribution in [0.4, 0.5) is 17.2 Å². The molecule has 0 saturated carbocycles. The second-order valence-corrected chi connectivity index (χ2v) is 7.80. The summed E-state index contributed by atoms with van der Waals surface area (Å²) >= 11 is 11.5. The number of rotatable bonds is 5. The van der Waals surface area contributed by atoms with Crippen LogP contribution in [0.3, 0.4) is 0 Å². The molecule has 0 aliphatic heterocycles. The van der Waals surface area contributed by atoms with Crippen LogP contribution >= 0.6 is 23.8 Å². The van der Waals surface area contributed by atoms with Gasteiger partial charge in [-0.3, -0.25) is 10.1 Å². The Bertz CT molecular complexity index is 1270.